The van der Waals surface area contributed by atoms with Crippen molar-refractivity contribution in [3.8, 4) is 5.75 Å². The van der Waals surface area contributed by atoms with Crippen LogP contribution >= 0.6 is 0 Å². The minimum absolute atomic E-state index is 0.0815. The number of carbonyl (C=O) groups excluding carboxylic acids is 2. The number of alkyl halides is 3. The zero-order chi connectivity index (χ0) is 18.5. The highest BCUT2D eigenvalue weighted by molar-refractivity contribution is 5.86. The van der Waals surface area contributed by atoms with Crippen LogP contribution in [-0.4, -0.2) is 24.0 Å². The van der Waals surface area contributed by atoms with Crippen LogP contribution in [0.15, 0.2) is 18.2 Å². The number of benzene rings is 1. The molecule has 0 aromatic heterocycles. The number of amides is 2. The number of hydrogen-bond donors (Lipinski definition) is 2. The standard InChI is InChI=1S/C16H21F3N2O3/c1-9(2)24-13-6-5-12(14(7-13)16(17,18)19)8-20-15(23)10(3)21-11(4)22/h5-7,9-10H,8H2,1-4H3,(H,20,23)(H,21,22). The van der Waals surface area contributed by atoms with Crippen molar-refractivity contribution >= 4 is 11.8 Å². The van der Waals surface area contributed by atoms with Gasteiger partial charge in [-0.25, -0.2) is 0 Å². The maximum Gasteiger partial charge on any atom is 0.416 e. The van der Waals surface area contributed by atoms with Crippen molar-refractivity contribution in [2.75, 3.05) is 0 Å². The maximum absolute atomic E-state index is 13.2. The third-order valence-corrected chi connectivity index (χ3v) is 3.02. The lowest BCUT2D eigenvalue weighted by atomic mass is 10.1. The fraction of sp³-hybridized carbons (Fsp3) is 0.500. The van der Waals surface area contributed by atoms with E-state index >= 15 is 0 Å². The molecule has 1 atom stereocenters. The second-order valence-electron chi connectivity index (χ2n) is 5.62. The molecule has 0 aliphatic heterocycles. The molecule has 0 bridgehead atoms. The summed E-state index contributed by atoms with van der Waals surface area (Å²) in [6.45, 7) is 5.81. The third-order valence-electron chi connectivity index (χ3n) is 3.02. The summed E-state index contributed by atoms with van der Waals surface area (Å²) in [6, 6.07) is 2.77. The number of ether oxygens (including phenoxy) is 1. The van der Waals surface area contributed by atoms with Gasteiger partial charge in [0.05, 0.1) is 11.7 Å². The van der Waals surface area contributed by atoms with E-state index in [2.05, 4.69) is 10.6 Å². The van der Waals surface area contributed by atoms with Gasteiger partial charge >= 0.3 is 6.18 Å². The molecule has 2 amide bonds. The Bertz CT molecular complexity index is 601. The van der Waals surface area contributed by atoms with E-state index in [-0.39, 0.29) is 24.0 Å². The first-order valence-corrected chi connectivity index (χ1v) is 7.42. The van der Waals surface area contributed by atoms with Crippen molar-refractivity contribution < 1.29 is 27.5 Å². The Kier molecular flexibility index (Phi) is 6.62. The number of rotatable bonds is 6. The van der Waals surface area contributed by atoms with Crippen molar-refractivity contribution in [3.05, 3.63) is 29.3 Å². The van der Waals surface area contributed by atoms with Crippen molar-refractivity contribution in [1.82, 2.24) is 10.6 Å². The molecule has 2 N–H and O–H groups in total. The molecule has 1 rings (SSSR count). The van der Waals surface area contributed by atoms with Crippen molar-refractivity contribution in [1.29, 1.82) is 0 Å². The Balaban J connectivity index is 2.90. The van der Waals surface area contributed by atoms with E-state index in [9.17, 15) is 22.8 Å². The molecule has 0 saturated carbocycles. The van der Waals surface area contributed by atoms with Crippen molar-refractivity contribution in [2.24, 2.45) is 0 Å². The number of carbonyl (C=O) groups is 2. The lowest BCUT2D eigenvalue weighted by Crippen LogP contribution is -2.43. The Morgan fingerprint density at radius 1 is 1.21 bits per heavy atom. The molecule has 0 radical (unpaired) electrons. The first kappa shape index (κ1) is 19.8. The molecule has 1 aromatic rings. The predicted molar refractivity (Wildman–Crippen MR) is 82.3 cm³/mol. The van der Waals surface area contributed by atoms with Crippen molar-refractivity contribution in [2.45, 2.75) is 52.6 Å². The lowest BCUT2D eigenvalue weighted by Gasteiger charge is -2.18. The minimum atomic E-state index is -4.57. The SMILES string of the molecule is CC(=O)NC(C)C(=O)NCc1ccc(OC(C)C)cc1C(F)(F)F. The molecule has 0 aliphatic carbocycles. The second kappa shape index (κ2) is 8.03. The Hall–Kier alpha value is -2.25. The normalized spacial score (nSPS) is 12.7. The van der Waals surface area contributed by atoms with E-state index in [0.717, 1.165) is 6.07 Å². The Labute approximate surface area is 138 Å². The van der Waals surface area contributed by atoms with Gasteiger partial charge in [-0.3, -0.25) is 9.59 Å². The average Bonchev–Trinajstić information content (AvgIpc) is 2.43. The summed E-state index contributed by atoms with van der Waals surface area (Å²) >= 11 is 0. The van der Waals surface area contributed by atoms with E-state index in [1.807, 2.05) is 0 Å². The van der Waals surface area contributed by atoms with Crippen LogP contribution in [0.3, 0.4) is 0 Å². The molecule has 0 fully saturated rings. The second-order valence-corrected chi connectivity index (χ2v) is 5.62. The number of halogens is 3. The molecule has 0 spiro atoms. The molecule has 1 aromatic carbocycles. The van der Waals surface area contributed by atoms with Crippen LogP contribution in [0.4, 0.5) is 13.2 Å². The topological polar surface area (TPSA) is 67.4 Å². The number of nitrogens with one attached hydrogen (secondary N) is 2. The summed E-state index contributed by atoms with van der Waals surface area (Å²) < 4.78 is 44.9. The largest absolute Gasteiger partial charge is 0.491 e. The van der Waals surface area contributed by atoms with Crippen molar-refractivity contribution in [3.63, 3.8) is 0 Å². The van der Waals surface area contributed by atoms with Crippen LogP contribution in [0.5, 0.6) is 5.75 Å². The fourth-order valence-electron chi connectivity index (χ4n) is 2.02. The van der Waals surface area contributed by atoms with Crippen LogP contribution in [-0.2, 0) is 22.3 Å². The van der Waals surface area contributed by atoms with Gasteiger partial charge in [-0.1, -0.05) is 6.07 Å². The molecule has 0 heterocycles. The summed E-state index contributed by atoms with van der Waals surface area (Å²) in [7, 11) is 0. The van der Waals surface area contributed by atoms with Crippen LogP contribution in [0.25, 0.3) is 0 Å². The summed E-state index contributed by atoms with van der Waals surface area (Å²) in [6.07, 6.45) is -4.82. The van der Waals surface area contributed by atoms with E-state index in [4.69, 9.17) is 4.74 Å². The van der Waals surface area contributed by atoms with Crippen LogP contribution in [0.2, 0.25) is 0 Å². The molecule has 1 unspecified atom stereocenters. The Morgan fingerprint density at radius 2 is 1.83 bits per heavy atom. The quantitative estimate of drug-likeness (QED) is 0.832. The van der Waals surface area contributed by atoms with Gasteiger partial charge in [-0.2, -0.15) is 13.2 Å². The zero-order valence-corrected chi connectivity index (χ0v) is 14.0. The van der Waals surface area contributed by atoms with Gasteiger partial charge < -0.3 is 15.4 Å². The molecule has 134 valence electrons. The molecular formula is C16H21F3N2O3. The lowest BCUT2D eigenvalue weighted by molar-refractivity contribution is -0.138. The Morgan fingerprint density at radius 3 is 2.33 bits per heavy atom. The maximum atomic E-state index is 13.2. The third kappa shape index (κ3) is 6.10. The van der Waals surface area contributed by atoms with Gasteiger partial charge in [0.15, 0.2) is 0 Å². The monoisotopic (exact) mass is 346 g/mol. The van der Waals surface area contributed by atoms with Gasteiger partial charge in [0.2, 0.25) is 11.8 Å². The van der Waals surface area contributed by atoms with E-state index in [1.165, 1.54) is 26.0 Å². The van der Waals surface area contributed by atoms with E-state index in [0.29, 0.717) is 0 Å². The van der Waals surface area contributed by atoms with Crippen LogP contribution < -0.4 is 15.4 Å². The molecule has 0 saturated heterocycles. The molecule has 0 aliphatic rings. The van der Waals surface area contributed by atoms with Gasteiger partial charge in [-0.15, -0.1) is 0 Å². The summed E-state index contributed by atoms with van der Waals surface area (Å²) in [5.74, 6) is -0.858. The predicted octanol–water partition coefficient (Wildman–Crippen LogP) is 2.63. The van der Waals surface area contributed by atoms with Gasteiger partial charge in [-0.05, 0) is 38.5 Å². The molecule has 8 heteroatoms. The van der Waals surface area contributed by atoms with Gasteiger partial charge in [0.1, 0.15) is 11.8 Å². The van der Waals surface area contributed by atoms with Gasteiger partial charge in [0.25, 0.3) is 0 Å². The summed E-state index contributed by atoms with van der Waals surface area (Å²) in [4.78, 5) is 22.7. The smallest absolute Gasteiger partial charge is 0.416 e. The molecule has 24 heavy (non-hydrogen) atoms. The first-order chi connectivity index (χ1) is 11.0. The minimum Gasteiger partial charge on any atom is -0.491 e. The number of hydrogen-bond acceptors (Lipinski definition) is 3. The van der Waals surface area contributed by atoms with Gasteiger partial charge in [0, 0.05) is 13.5 Å². The summed E-state index contributed by atoms with van der Waals surface area (Å²) in [5.41, 5.74) is -0.949. The highest BCUT2D eigenvalue weighted by atomic mass is 19.4. The first-order valence-electron chi connectivity index (χ1n) is 7.42. The fourth-order valence-corrected chi connectivity index (χ4v) is 2.02. The highest BCUT2D eigenvalue weighted by Crippen LogP contribution is 2.34. The average molecular weight is 346 g/mol. The van der Waals surface area contributed by atoms with Crippen LogP contribution in [0.1, 0.15) is 38.8 Å². The zero-order valence-electron chi connectivity index (χ0n) is 14.0. The van der Waals surface area contributed by atoms with E-state index in [1.54, 1.807) is 13.8 Å². The summed E-state index contributed by atoms with van der Waals surface area (Å²) in [5, 5.41) is 4.74. The highest BCUT2D eigenvalue weighted by Gasteiger charge is 2.34. The molecule has 5 nitrogen and oxygen atoms in total. The van der Waals surface area contributed by atoms with E-state index < -0.39 is 29.6 Å². The molecular weight excluding hydrogens is 325 g/mol. The van der Waals surface area contributed by atoms with Crippen LogP contribution in [0, 0.1) is 0 Å².